The first kappa shape index (κ1) is 19.4. The van der Waals surface area contributed by atoms with Crippen molar-refractivity contribution in [1.82, 2.24) is 4.98 Å². The molecule has 1 aromatic carbocycles. The molecule has 0 saturated carbocycles. The van der Waals surface area contributed by atoms with Crippen molar-refractivity contribution in [2.24, 2.45) is 0 Å². The second-order valence-corrected chi connectivity index (χ2v) is 10.2. The number of amides is 1. The molecule has 3 heterocycles. The van der Waals surface area contributed by atoms with Gasteiger partial charge in [0.1, 0.15) is 9.88 Å². The Kier molecular flexibility index (Phi) is 6.31. The van der Waals surface area contributed by atoms with Crippen LogP contribution in [0.3, 0.4) is 0 Å². The summed E-state index contributed by atoms with van der Waals surface area (Å²) >= 11 is 2.98. The van der Waals surface area contributed by atoms with E-state index in [2.05, 4.69) is 10.3 Å². The molecule has 1 amide bonds. The van der Waals surface area contributed by atoms with E-state index in [9.17, 15) is 9.00 Å². The monoisotopic (exact) mass is 432 g/mol. The first-order valence-electron chi connectivity index (χ1n) is 9.04. The van der Waals surface area contributed by atoms with E-state index in [1.807, 2.05) is 41.8 Å². The van der Waals surface area contributed by atoms with Gasteiger partial charge in [0.2, 0.25) is 0 Å². The smallest absolute Gasteiger partial charge is 0.267 e. The molecule has 1 N–H and O–H groups in total. The van der Waals surface area contributed by atoms with Crippen LogP contribution in [0.4, 0.5) is 5.69 Å². The largest absolute Gasteiger partial charge is 0.381 e. The van der Waals surface area contributed by atoms with E-state index < -0.39 is 10.8 Å². The summed E-state index contributed by atoms with van der Waals surface area (Å²) in [6.07, 6.45) is 3.31. The normalized spacial score (nSPS) is 16.0. The highest BCUT2D eigenvalue weighted by Crippen LogP contribution is 2.29. The Balaban J connectivity index is 1.40. The molecule has 5 nitrogen and oxygen atoms in total. The van der Waals surface area contributed by atoms with Crippen molar-refractivity contribution in [3.8, 4) is 9.88 Å². The van der Waals surface area contributed by atoms with Gasteiger partial charge in [0.25, 0.3) is 5.91 Å². The van der Waals surface area contributed by atoms with Gasteiger partial charge in [0.05, 0.1) is 11.1 Å². The molecule has 1 atom stereocenters. The zero-order chi connectivity index (χ0) is 19.3. The fraction of sp³-hybridized carbons (Fsp3) is 0.300. The first-order valence-corrected chi connectivity index (χ1v) is 12.1. The number of thiophene rings is 1. The van der Waals surface area contributed by atoms with Crippen LogP contribution in [0.25, 0.3) is 9.88 Å². The van der Waals surface area contributed by atoms with Crippen LogP contribution < -0.4 is 5.32 Å². The molecule has 0 aliphatic carbocycles. The standard InChI is InChI=1S/C20H20N2O3S3/c23-19(18-12-21-20(27-18)17-5-2-10-26-17)22-15-4-1-3-14(11-15)13-28(24)16-6-8-25-9-7-16/h1-5,10-12,16H,6-9,13H2,(H,22,23). The summed E-state index contributed by atoms with van der Waals surface area (Å²) in [7, 11) is -0.928. The van der Waals surface area contributed by atoms with Crippen molar-refractivity contribution < 1.29 is 13.7 Å². The van der Waals surface area contributed by atoms with Crippen LogP contribution in [0, 0.1) is 0 Å². The van der Waals surface area contributed by atoms with Crippen molar-refractivity contribution in [3.63, 3.8) is 0 Å². The number of ether oxygens (including phenoxy) is 1. The first-order chi connectivity index (χ1) is 13.7. The Labute approximate surface area is 174 Å². The molecule has 2 aromatic heterocycles. The summed E-state index contributed by atoms with van der Waals surface area (Å²) < 4.78 is 17.9. The highest BCUT2D eigenvalue weighted by molar-refractivity contribution is 7.84. The van der Waals surface area contributed by atoms with Crippen LogP contribution in [0.15, 0.2) is 48.0 Å². The maximum Gasteiger partial charge on any atom is 0.267 e. The number of benzene rings is 1. The fourth-order valence-corrected chi connectivity index (χ4v) is 6.12. The molecule has 1 unspecified atom stereocenters. The van der Waals surface area contributed by atoms with Gasteiger partial charge < -0.3 is 10.1 Å². The van der Waals surface area contributed by atoms with Crippen LogP contribution in [0.1, 0.15) is 28.1 Å². The molecule has 1 aliphatic rings. The summed E-state index contributed by atoms with van der Waals surface area (Å²) in [4.78, 5) is 18.5. The van der Waals surface area contributed by atoms with Crippen molar-refractivity contribution in [1.29, 1.82) is 0 Å². The number of nitrogens with zero attached hydrogens (tertiary/aromatic N) is 1. The molecule has 1 fully saturated rings. The number of rotatable bonds is 6. The molecule has 1 saturated heterocycles. The van der Waals surface area contributed by atoms with Crippen LogP contribution in [-0.2, 0) is 21.3 Å². The Morgan fingerprint density at radius 2 is 2.11 bits per heavy atom. The number of hydrogen-bond acceptors (Lipinski definition) is 6. The maximum absolute atomic E-state index is 12.6. The van der Waals surface area contributed by atoms with E-state index in [1.54, 1.807) is 17.5 Å². The van der Waals surface area contributed by atoms with E-state index in [1.165, 1.54) is 11.3 Å². The minimum absolute atomic E-state index is 0.178. The molecule has 0 radical (unpaired) electrons. The summed E-state index contributed by atoms with van der Waals surface area (Å²) in [6, 6.07) is 11.5. The van der Waals surface area contributed by atoms with Gasteiger partial charge in [-0.3, -0.25) is 9.00 Å². The number of carbonyl (C=O) groups excluding carboxylic acids is 1. The van der Waals surface area contributed by atoms with Gasteiger partial charge in [-0.2, -0.15) is 0 Å². The van der Waals surface area contributed by atoms with Gasteiger partial charge in [-0.05, 0) is 42.0 Å². The molecular formula is C20H20N2O3S3. The summed E-state index contributed by atoms with van der Waals surface area (Å²) in [6.45, 7) is 1.38. The maximum atomic E-state index is 12.6. The number of nitrogens with one attached hydrogen (secondary N) is 1. The SMILES string of the molecule is O=C(Nc1cccc(CS(=O)C2CCOCC2)c1)c1cnc(-c2cccs2)s1. The molecule has 0 spiro atoms. The second-order valence-electron chi connectivity index (χ2n) is 6.50. The Bertz CT molecular complexity index is 963. The highest BCUT2D eigenvalue weighted by Gasteiger charge is 2.20. The number of thiazole rings is 1. The lowest BCUT2D eigenvalue weighted by molar-refractivity contribution is 0.0991. The molecule has 146 valence electrons. The molecule has 3 aromatic rings. The average Bonchev–Trinajstić information content (AvgIpc) is 3.41. The average molecular weight is 433 g/mol. The lowest BCUT2D eigenvalue weighted by Gasteiger charge is -2.21. The van der Waals surface area contributed by atoms with Gasteiger partial charge in [-0.1, -0.05) is 18.2 Å². The molecule has 28 heavy (non-hydrogen) atoms. The molecule has 8 heteroatoms. The predicted molar refractivity (Wildman–Crippen MR) is 116 cm³/mol. The van der Waals surface area contributed by atoms with Crippen molar-refractivity contribution in [2.45, 2.75) is 23.8 Å². The summed E-state index contributed by atoms with van der Waals surface area (Å²) in [5.41, 5.74) is 1.67. The molecular weight excluding hydrogens is 412 g/mol. The van der Waals surface area contributed by atoms with Gasteiger partial charge in [-0.25, -0.2) is 4.98 Å². The Hall–Kier alpha value is -1.87. The van der Waals surface area contributed by atoms with E-state index in [-0.39, 0.29) is 11.2 Å². The quantitative estimate of drug-likeness (QED) is 0.620. The minimum Gasteiger partial charge on any atom is -0.381 e. The third-order valence-corrected chi connectivity index (χ3v) is 8.36. The topological polar surface area (TPSA) is 68.3 Å². The number of carbonyl (C=O) groups is 1. The third-order valence-electron chi connectivity index (χ3n) is 4.50. The number of anilines is 1. The van der Waals surface area contributed by atoms with Crippen LogP contribution >= 0.6 is 22.7 Å². The Morgan fingerprint density at radius 3 is 2.89 bits per heavy atom. The van der Waals surface area contributed by atoms with Crippen molar-refractivity contribution in [2.75, 3.05) is 18.5 Å². The van der Waals surface area contributed by atoms with Gasteiger partial charge in [0.15, 0.2) is 0 Å². The van der Waals surface area contributed by atoms with Crippen LogP contribution in [-0.4, -0.2) is 33.6 Å². The lowest BCUT2D eigenvalue weighted by atomic mass is 10.2. The van der Waals surface area contributed by atoms with Crippen molar-refractivity contribution in [3.05, 3.63) is 58.4 Å². The highest BCUT2D eigenvalue weighted by atomic mass is 32.2. The molecule has 0 bridgehead atoms. The van der Waals surface area contributed by atoms with E-state index in [0.717, 1.165) is 28.3 Å². The summed E-state index contributed by atoms with van der Waals surface area (Å²) in [5, 5.41) is 5.96. The van der Waals surface area contributed by atoms with E-state index in [0.29, 0.717) is 29.5 Å². The fourth-order valence-electron chi connectivity index (χ4n) is 3.05. The van der Waals surface area contributed by atoms with Gasteiger partial charge >= 0.3 is 0 Å². The Morgan fingerprint density at radius 1 is 1.25 bits per heavy atom. The molecule has 1 aliphatic heterocycles. The van der Waals surface area contributed by atoms with Crippen molar-refractivity contribution >= 4 is 45.1 Å². The minimum atomic E-state index is -0.928. The zero-order valence-corrected chi connectivity index (χ0v) is 17.6. The number of aromatic nitrogens is 1. The van der Waals surface area contributed by atoms with Crippen LogP contribution in [0.5, 0.6) is 0 Å². The number of hydrogen-bond donors (Lipinski definition) is 1. The van der Waals surface area contributed by atoms with Crippen LogP contribution in [0.2, 0.25) is 0 Å². The van der Waals surface area contributed by atoms with Gasteiger partial charge in [0, 0.05) is 40.7 Å². The van der Waals surface area contributed by atoms with Gasteiger partial charge in [-0.15, -0.1) is 22.7 Å². The lowest BCUT2D eigenvalue weighted by Crippen LogP contribution is -2.25. The third kappa shape index (κ3) is 4.75. The second kappa shape index (κ2) is 9.09. The zero-order valence-electron chi connectivity index (χ0n) is 15.1. The summed E-state index contributed by atoms with van der Waals surface area (Å²) in [5.74, 6) is 0.320. The molecule has 4 rings (SSSR count). The van der Waals surface area contributed by atoms with E-state index in [4.69, 9.17) is 4.74 Å². The predicted octanol–water partition coefficient (Wildman–Crippen LogP) is 4.55. The van der Waals surface area contributed by atoms with E-state index >= 15 is 0 Å².